The van der Waals surface area contributed by atoms with Gasteiger partial charge in [0.15, 0.2) is 0 Å². The molecule has 1 rings (SSSR count). The molecule has 1 heterocycles. The van der Waals surface area contributed by atoms with Crippen molar-refractivity contribution in [3.63, 3.8) is 0 Å². The molecule has 0 bridgehead atoms. The van der Waals surface area contributed by atoms with Crippen molar-refractivity contribution in [2.24, 2.45) is 5.84 Å². The second kappa shape index (κ2) is 10.5. The van der Waals surface area contributed by atoms with Crippen molar-refractivity contribution in [2.45, 2.75) is 45.1 Å². The summed E-state index contributed by atoms with van der Waals surface area (Å²) in [7, 11) is 0. The molecule has 0 aliphatic carbocycles. The van der Waals surface area contributed by atoms with Crippen LogP contribution in [-0.4, -0.2) is 55.6 Å². The van der Waals surface area contributed by atoms with E-state index in [-0.39, 0.29) is 17.9 Å². The zero-order valence-corrected chi connectivity index (χ0v) is 12.9. The molecule has 1 atom stereocenters. The standard InChI is InChI=1S/C14H28N4O3/c1-2-7-16-14(20)12-11-21-10-9-18(12)8-5-3-4-6-13(19)17-15/h12H,2-11,15H2,1H3,(H,16,20)(H,17,19). The Morgan fingerprint density at radius 2 is 2.14 bits per heavy atom. The summed E-state index contributed by atoms with van der Waals surface area (Å²) in [6, 6.07) is -0.183. The van der Waals surface area contributed by atoms with Crippen molar-refractivity contribution in [3.8, 4) is 0 Å². The number of hydrogen-bond acceptors (Lipinski definition) is 5. The number of hydrazine groups is 1. The number of morpholine rings is 1. The van der Waals surface area contributed by atoms with Gasteiger partial charge in [0.1, 0.15) is 6.04 Å². The van der Waals surface area contributed by atoms with E-state index in [1.165, 1.54) is 0 Å². The lowest BCUT2D eigenvalue weighted by Gasteiger charge is -2.34. The van der Waals surface area contributed by atoms with E-state index in [9.17, 15) is 9.59 Å². The van der Waals surface area contributed by atoms with Crippen LogP contribution in [0.1, 0.15) is 39.0 Å². The monoisotopic (exact) mass is 300 g/mol. The van der Waals surface area contributed by atoms with E-state index in [0.717, 1.165) is 38.8 Å². The Morgan fingerprint density at radius 1 is 1.33 bits per heavy atom. The summed E-state index contributed by atoms with van der Waals surface area (Å²) >= 11 is 0. The van der Waals surface area contributed by atoms with Crippen LogP contribution in [0.2, 0.25) is 0 Å². The zero-order valence-electron chi connectivity index (χ0n) is 12.9. The molecular formula is C14H28N4O3. The number of nitrogens with two attached hydrogens (primary N) is 1. The molecule has 0 aromatic rings. The average Bonchev–Trinajstić information content (AvgIpc) is 2.52. The van der Waals surface area contributed by atoms with Crippen LogP contribution >= 0.6 is 0 Å². The number of nitrogens with one attached hydrogen (secondary N) is 2. The average molecular weight is 300 g/mol. The van der Waals surface area contributed by atoms with Gasteiger partial charge in [0, 0.05) is 19.5 Å². The molecule has 0 spiro atoms. The Kier molecular flexibility index (Phi) is 8.96. The van der Waals surface area contributed by atoms with Crippen molar-refractivity contribution in [2.75, 3.05) is 32.8 Å². The Bertz CT molecular complexity index is 325. The largest absolute Gasteiger partial charge is 0.378 e. The highest BCUT2D eigenvalue weighted by atomic mass is 16.5. The lowest BCUT2D eigenvalue weighted by Crippen LogP contribution is -2.54. The summed E-state index contributed by atoms with van der Waals surface area (Å²) in [5, 5.41) is 2.93. The number of carbonyl (C=O) groups is 2. The number of amides is 2. The fraction of sp³-hybridized carbons (Fsp3) is 0.857. The molecule has 122 valence electrons. The highest BCUT2D eigenvalue weighted by molar-refractivity contribution is 5.82. The topological polar surface area (TPSA) is 96.7 Å². The Morgan fingerprint density at radius 3 is 2.86 bits per heavy atom. The first-order valence-corrected chi connectivity index (χ1v) is 7.78. The minimum absolute atomic E-state index is 0.0547. The maximum atomic E-state index is 12.1. The van der Waals surface area contributed by atoms with Gasteiger partial charge in [-0.15, -0.1) is 0 Å². The van der Waals surface area contributed by atoms with E-state index in [1.807, 2.05) is 6.92 Å². The molecule has 0 saturated carbocycles. The Labute approximate surface area is 126 Å². The molecular weight excluding hydrogens is 272 g/mol. The molecule has 2 amide bonds. The van der Waals surface area contributed by atoms with Gasteiger partial charge in [0.2, 0.25) is 11.8 Å². The van der Waals surface area contributed by atoms with Crippen molar-refractivity contribution in [1.29, 1.82) is 0 Å². The number of nitrogens with zero attached hydrogens (tertiary/aromatic N) is 1. The number of carbonyl (C=O) groups excluding carboxylic acids is 2. The van der Waals surface area contributed by atoms with Crippen LogP contribution in [0.3, 0.4) is 0 Å². The first-order valence-electron chi connectivity index (χ1n) is 7.78. The Hall–Kier alpha value is -1.18. The molecule has 0 radical (unpaired) electrons. The van der Waals surface area contributed by atoms with E-state index in [2.05, 4.69) is 15.6 Å². The van der Waals surface area contributed by atoms with E-state index in [4.69, 9.17) is 10.6 Å². The van der Waals surface area contributed by atoms with Crippen molar-refractivity contribution >= 4 is 11.8 Å². The lowest BCUT2D eigenvalue weighted by molar-refractivity contribution is -0.132. The number of hydrogen-bond donors (Lipinski definition) is 3. The molecule has 1 saturated heterocycles. The minimum atomic E-state index is -0.183. The quantitative estimate of drug-likeness (QED) is 0.236. The van der Waals surface area contributed by atoms with Crippen molar-refractivity contribution < 1.29 is 14.3 Å². The van der Waals surface area contributed by atoms with Crippen LogP contribution < -0.4 is 16.6 Å². The maximum absolute atomic E-state index is 12.1. The molecule has 1 aliphatic rings. The molecule has 1 unspecified atom stereocenters. The highest BCUT2D eigenvalue weighted by Crippen LogP contribution is 2.10. The fourth-order valence-electron chi connectivity index (χ4n) is 2.36. The normalized spacial score (nSPS) is 19.2. The molecule has 1 fully saturated rings. The summed E-state index contributed by atoms with van der Waals surface area (Å²) in [4.78, 5) is 25.3. The van der Waals surface area contributed by atoms with E-state index >= 15 is 0 Å². The molecule has 1 aliphatic heterocycles. The third-order valence-corrected chi connectivity index (χ3v) is 3.60. The van der Waals surface area contributed by atoms with E-state index < -0.39 is 0 Å². The second-order valence-corrected chi connectivity index (χ2v) is 5.30. The summed E-state index contributed by atoms with van der Waals surface area (Å²) in [5.74, 6) is 4.96. The van der Waals surface area contributed by atoms with Gasteiger partial charge in [-0.25, -0.2) is 5.84 Å². The van der Waals surface area contributed by atoms with Crippen LogP contribution in [-0.2, 0) is 14.3 Å². The number of ether oxygens (including phenoxy) is 1. The number of rotatable bonds is 9. The summed E-state index contributed by atoms with van der Waals surface area (Å²) in [6.07, 6.45) is 4.13. The summed E-state index contributed by atoms with van der Waals surface area (Å²) < 4.78 is 5.42. The molecule has 7 nitrogen and oxygen atoms in total. The molecule has 21 heavy (non-hydrogen) atoms. The van der Waals surface area contributed by atoms with Gasteiger partial charge >= 0.3 is 0 Å². The second-order valence-electron chi connectivity index (χ2n) is 5.30. The fourth-order valence-corrected chi connectivity index (χ4v) is 2.36. The maximum Gasteiger partial charge on any atom is 0.239 e. The SMILES string of the molecule is CCCNC(=O)C1COCCN1CCCCCC(=O)NN. The van der Waals surface area contributed by atoms with Gasteiger partial charge in [-0.3, -0.25) is 19.9 Å². The minimum Gasteiger partial charge on any atom is -0.378 e. The molecule has 7 heteroatoms. The lowest BCUT2D eigenvalue weighted by atomic mass is 10.1. The van der Waals surface area contributed by atoms with Crippen LogP contribution in [0.5, 0.6) is 0 Å². The van der Waals surface area contributed by atoms with Crippen LogP contribution in [0.4, 0.5) is 0 Å². The smallest absolute Gasteiger partial charge is 0.239 e. The van der Waals surface area contributed by atoms with Gasteiger partial charge in [-0.1, -0.05) is 13.3 Å². The van der Waals surface area contributed by atoms with E-state index in [0.29, 0.717) is 26.2 Å². The number of unbranched alkanes of at least 4 members (excludes halogenated alkanes) is 2. The molecule has 4 N–H and O–H groups in total. The van der Waals surface area contributed by atoms with Gasteiger partial charge in [-0.2, -0.15) is 0 Å². The summed E-state index contributed by atoms with van der Waals surface area (Å²) in [6.45, 7) is 5.52. The first kappa shape index (κ1) is 17.9. The van der Waals surface area contributed by atoms with Gasteiger partial charge in [0.05, 0.1) is 13.2 Å². The summed E-state index contributed by atoms with van der Waals surface area (Å²) in [5.41, 5.74) is 2.13. The van der Waals surface area contributed by atoms with Gasteiger partial charge in [0.25, 0.3) is 0 Å². The molecule has 0 aromatic carbocycles. The first-order chi connectivity index (χ1) is 10.2. The van der Waals surface area contributed by atoms with Gasteiger partial charge in [-0.05, 0) is 25.8 Å². The highest BCUT2D eigenvalue weighted by Gasteiger charge is 2.28. The van der Waals surface area contributed by atoms with Crippen molar-refractivity contribution in [1.82, 2.24) is 15.6 Å². The van der Waals surface area contributed by atoms with Crippen LogP contribution in [0, 0.1) is 0 Å². The van der Waals surface area contributed by atoms with Gasteiger partial charge < -0.3 is 10.1 Å². The van der Waals surface area contributed by atoms with Crippen LogP contribution in [0.25, 0.3) is 0 Å². The predicted molar refractivity (Wildman–Crippen MR) is 80.3 cm³/mol. The molecule has 0 aromatic heterocycles. The zero-order chi connectivity index (χ0) is 15.5. The van der Waals surface area contributed by atoms with Crippen molar-refractivity contribution in [3.05, 3.63) is 0 Å². The van der Waals surface area contributed by atoms with Crippen LogP contribution in [0.15, 0.2) is 0 Å². The predicted octanol–water partition coefficient (Wildman–Crippen LogP) is -0.236. The third-order valence-electron chi connectivity index (χ3n) is 3.60. The third kappa shape index (κ3) is 6.88. The van der Waals surface area contributed by atoms with E-state index in [1.54, 1.807) is 0 Å². The Balaban J connectivity index is 2.26.